The van der Waals surface area contributed by atoms with E-state index in [1.807, 2.05) is 28.8 Å². The van der Waals surface area contributed by atoms with Gasteiger partial charge in [-0.2, -0.15) is 0 Å². The number of fused-ring (bicyclic) bond motifs is 1. The molecule has 0 saturated heterocycles. The van der Waals surface area contributed by atoms with Gasteiger partial charge in [-0.3, -0.25) is 9.20 Å². The second-order valence-corrected chi connectivity index (χ2v) is 4.74. The predicted molar refractivity (Wildman–Crippen MR) is 74.9 cm³/mol. The standard InChI is InChI=1S/C14H15N5O2/c1-10-9-11(21-18-10)14(20)15-7-4-6-13-17-16-12-5-2-3-8-19(12)13/h2-3,5,8-9H,4,6-7H2,1H3,(H,15,20). The summed E-state index contributed by atoms with van der Waals surface area (Å²) in [6, 6.07) is 7.38. The van der Waals surface area contributed by atoms with Gasteiger partial charge in [0.1, 0.15) is 5.82 Å². The summed E-state index contributed by atoms with van der Waals surface area (Å²) in [5.41, 5.74) is 1.52. The molecule has 3 aromatic rings. The van der Waals surface area contributed by atoms with Crippen LogP contribution in [-0.4, -0.2) is 32.2 Å². The van der Waals surface area contributed by atoms with Crippen LogP contribution in [0.25, 0.3) is 5.65 Å². The van der Waals surface area contributed by atoms with Gasteiger partial charge >= 0.3 is 0 Å². The third kappa shape index (κ3) is 2.91. The summed E-state index contributed by atoms with van der Waals surface area (Å²) in [4.78, 5) is 11.8. The lowest BCUT2D eigenvalue weighted by Crippen LogP contribution is -2.24. The number of hydrogen-bond donors (Lipinski definition) is 1. The lowest BCUT2D eigenvalue weighted by atomic mass is 10.3. The van der Waals surface area contributed by atoms with Gasteiger partial charge in [-0.15, -0.1) is 10.2 Å². The predicted octanol–water partition coefficient (Wildman–Crippen LogP) is 1.39. The van der Waals surface area contributed by atoms with Crippen LogP contribution in [0.1, 0.15) is 28.5 Å². The van der Waals surface area contributed by atoms with Crippen LogP contribution in [0.5, 0.6) is 0 Å². The molecule has 0 atom stereocenters. The normalized spacial score (nSPS) is 10.9. The van der Waals surface area contributed by atoms with Crippen LogP contribution in [-0.2, 0) is 6.42 Å². The van der Waals surface area contributed by atoms with Crippen molar-refractivity contribution in [1.29, 1.82) is 0 Å². The van der Waals surface area contributed by atoms with E-state index in [4.69, 9.17) is 4.52 Å². The Bertz CT molecular complexity index is 761. The van der Waals surface area contributed by atoms with Crippen molar-refractivity contribution < 1.29 is 9.32 Å². The Balaban J connectivity index is 1.51. The third-order valence-corrected chi connectivity index (χ3v) is 3.10. The number of aryl methyl sites for hydroxylation is 2. The average molecular weight is 285 g/mol. The first-order valence-electron chi connectivity index (χ1n) is 6.74. The van der Waals surface area contributed by atoms with E-state index in [1.54, 1.807) is 13.0 Å². The van der Waals surface area contributed by atoms with E-state index in [1.165, 1.54) is 0 Å². The molecule has 0 unspecified atom stereocenters. The summed E-state index contributed by atoms with van der Waals surface area (Å²) in [5, 5.41) is 14.7. The molecule has 0 bridgehead atoms. The number of rotatable bonds is 5. The number of amides is 1. The summed E-state index contributed by atoms with van der Waals surface area (Å²) in [6.07, 6.45) is 3.44. The molecule has 0 aliphatic carbocycles. The van der Waals surface area contributed by atoms with Gasteiger partial charge < -0.3 is 9.84 Å². The summed E-state index contributed by atoms with van der Waals surface area (Å²) >= 11 is 0. The van der Waals surface area contributed by atoms with E-state index in [-0.39, 0.29) is 11.7 Å². The number of aromatic nitrogens is 4. The molecule has 0 saturated carbocycles. The second-order valence-electron chi connectivity index (χ2n) is 4.74. The van der Waals surface area contributed by atoms with Crippen LogP contribution in [0, 0.1) is 6.92 Å². The SMILES string of the molecule is Cc1cc(C(=O)NCCCc2nnc3ccccn23)on1. The second kappa shape index (κ2) is 5.74. The van der Waals surface area contributed by atoms with Crippen LogP contribution in [0.2, 0.25) is 0 Å². The van der Waals surface area contributed by atoms with E-state index in [2.05, 4.69) is 20.7 Å². The maximum atomic E-state index is 11.8. The molecule has 7 heteroatoms. The van der Waals surface area contributed by atoms with Gasteiger partial charge in [0.05, 0.1) is 5.69 Å². The minimum absolute atomic E-state index is 0.237. The van der Waals surface area contributed by atoms with E-state index in [0.29, 0.717) is 12.2 Å². The summed E-state index contributed by atoms with van der Waals surface area (Å²) in [7, 11) is 0. The molecule has 0 aliphatic rings. The van der Waals surface area contributed by atoms with Crippen molar-refractivity contribution in [1.82, 2.24) is 25.1 Å². The fourth-order valence-electron chi connectivity index (χ4n) is 2.07. The molecular formula is C14H15N5O2. The smallest absolute Gasteiger partial charge is 0.289 e. The Hall–Kier alpha value is -2.70. The molecule has 0 spiro atoms. The fraction of sp³-hybridized carbons (Fsp3) is 0.286. The molecule has 0 aromatic carbocycles. The highest BCUT2D eigenvalue weighted by Crippen LogP contribution is 2.05. The van der Waals surface area contributed by atoms with Crippen molar-refractivity contribution >= 4 is 11.6 Å². The van der Waals surface area contributed by atoms with Crippen molar-refractivity contribution in [3.8, 4) is 0 Å². The molecule has 3 rings (SSSR count). The van der Waals surface area contributed by atoms with E-state index < -0.39 is 0 Å². The first kappa shape index (κ1) is 13.3. The molecule has 3 heterocycles. The van der Waals surface area contributed by atoms with Gasteiger partial charge in [0.2, 0.25) is 5.76 Å². The van der Waals surface area contributed by atoms with Crippen LogP contribution < -0.4 is 5.32 Å². The monoisotopic (exact) mass is 285 g/mol. The van der Waals surface area contributed by atoms with Gasteiger partial charge in [-0.1, -0.05) is 11.2 Å². The summed E-state index contributed by atoms with van der Waals surface area (Å²) in [5.74, 6) is 0.873. The molecule has 21 heavy (non-hydrogen) atoms. The number of nitrogens with zero attached hydrogens (tertiary/aromatic N) is 4. The Morgan fingerprint density at radius 1 is 1.38 bits per heavy atom. The van der Waals surface area contributed by atoms with Crippen LogP contribution in [0.3, 0.4) is 0 Å². The summed E-state index contributed by atoms with van der Waals surface area (Å²) < 4.78 is 6.84. The maximum absolute atomic E-state index is 11.8. The molecule has 7 nitrogen and oxygen atoms in total. The van der Waals surface area contributed by atoms with E-state index in [9.17, 15) is 4.79 Å². The van der Waals surface area contributed by atoms with Crippen LogP contribution in [0.4, 0.5) is 0 Å². The van der Waals surface area contributed by atoms with Crippen LogP contribution in [0.15, 0.2) is 35.0 Å². The Kier molecular flexibility index (Phi) is 3.63. The number of hydrogen-bond acceptors (Lipinski definition) is 5. The first-order valence-corrected chi connectivity index (χ1v) is 6.74. The third-order valence-electron chi connectivity index (χ3n) is 3.10. The van der Waals surface area contributed by atoms with Gasteiger partial charge in [0.15, 0.2) is 5.65 Å². The Morgan fingerprint density at radius 3 is 3.10 bits per heavy atom. The van der Waals surface area contributed by atoms with Crippen molar-refractivity contribution in [2.45, 2.75) is 19.8 Å². The maximum Gasteiger partial charge on any atom is 0.289 e. The van der Waals surface area contributed by atoms with Gasteiger partial charge in [-0.05, 0) is 25.5 Å². The molecule has 3 aromatic heterocycles. The molecule has 0 aliphatic heterocycles. The van der Waals surface area contributed by atoms with Gasteiger partial charge in [0, 0.05) is 25.2 Å². The van der Waals surface area contributed by atoms with Gasteiger partial charge in [-0.25, -0.2) is 0 Å². The molecule has 1 N–H and O–H groups in total. The summed E-state index contributed by atoms with van der Waals surface area (Å²) in [6.45, 7) is 2.32. The minimum Gasteiger partial charge on any atom is -0.351 e. The molecule has 0 fully saturated rings. The lowest BCUT2D eigenvalue weighted by molar-refractivity contribution is 0.0916. The number of nitrogens with one attached hydrogen (secondary N) is 1. The van der Waals surface area contributed by atoms with Crippen molar-refractivity contribution in [2.24, 2.45) is 0 Å². The number of pyridine rings is 1. The zero-order valence-corrected chi connectivity index (χ0v) is 11.6. The topological polar surface area (TPSA) is 85.3 Å². The Labute approximate surface area is 121 Å². The van der Waals surface area contributed by atoms with Gasteiger partial charge in [0.25, 0.3) is 5.91 Å². The lowest BCUT2D eigenvalue weighted by Gasteiger charge is -2.02. The quantitative estimate of drug-likeness (QED) is 0.716. The van der Waals surface area contributed by atoms with Crippen molar-refractivity contribution in [3.63, 3.8) is 0 Å². The largest absolute Gasteiger partial charge is 0.351 e. The minimum atomic E-state index is -0.248. The van der Waals surface area contributed by atoms with Crippen LogP contribution >= 0.6 is 0 Å². The number of carbonyl (C=O) groups is 1. The first-order chi connectivity index (χ1) is 10.2. The van der Waals surface area contributed by atoms with E-state index in [0.717, 1.165) is 24.3 Å². The molecule has 0 radical (unpaired) electrons. The Morgan fingerprint density at radius 2 is 2.29 bits per heavy atom. The van der Waals surface area contributed by atoms with Crippen molar-refractivity contribution in [3.05, 3.63) is 47.7 Å². The molecular weight excluding hydrogens is 270 g/mol. The highest BCUT2D eigenvalue weighted by Gasteiger charge is 2.11. The average Bonchev–Trinajstić information content (AvgIpc) is 3.10. The fourth-order valence-corrected chi connectivity index (χ4v) is 2.07. The number of carbonyl (C=O) groups excluding carboxylic acids is 1. The highest BCUT2D eigenvalue weighted by molar-refractivity contribution is 5.91. The van der Waals surface area contributed by atoms with E-state index >= 15 is 0 Å². The molecule has 1 amide bonds. The highest BCUT2D eigenvalue weighted by atomic mass is 16.5. The zero-order chi connectivity index (χ0) is 14.7. The zero-order valence-electron chi connectivity index (χ0n) is 11.6. The van der Waals surface area contributed by atoms with Crippen molar-refractivity contribution in [2.75, 3.05) is 6.54 Å². The molecule has 108 valence electrons.